The van der Waals surface area contributed by atoms with E-state index in [0.717, 1.165) is 21.9 Å². The van der Waals surface area contributed by atoms with Gasteiger partial charge in [-0.3, -0.25) is 9.69 Å². The number of rotatable bonds is 5. The Morgan fingerprint density at radius 1 is 1.17 bits per heavy atom. The molecule has 1 N–H and O–H groups in total. The zero-order chi connectivity index (χ0) is 17.1. The molecular weight excluding hydrogens is 342 g/mol. The minimum absolute atomic E-state index is 0.0491. The van der Waals surface area contributed by atoms with Gasteiger partial charge in [0.05, 0.1) is 37.4 Å². The second-order valence-corrected chi connectivity index (χ2v) is 7.33. The van der Waals surface area contributed by atoms with E-state index in [4.69, 9.17) is 11.6 Å². The summed E-state index contributed by atoms with van der Waals surface area (Å²) in [6.07, 6.45) is 0. The normalized spacial score (nSPS) is 11.2. The summed E-state index contributed by atoms with van der Waals surface area (Å²) in [5.74, 6) is -0.0491. The third-order valence-corrected chi connectivity index (χ3v) is 5.00. The highest BCUT2D eigenvalue weighted by molar-refractivity contribution is 7.22. The highest BCUT2D eigenvalue weighted by Gasteiger charge is 2.22. The Morgan fingerprint density at radius 2 is 1.88 bits per heavy atom. The molecule has 3 aromatic rings. The Hall–Kier alpha value is -1.95. The van der Waals surface area contributed by atoms with E-state index >= 15 is 0 Å². The van der Waals surface area contributed by atoms with Crippen LogP contribution in [0.15, 0.2) is 48.5 Å². The molecule has 0 fully saturated rings. The maximum atomic E-state index is 13.0. The number of carbonyl (C=O) groups is 1. The molecule has 0 unspecified atom stereocenters. The summed E-state index contributed by atoms with van der Waals surface area (Å²) in [6.45, 7) is 1.46. The van der Waals surface area contributed by atoms with E-state index < -0.39 is 0 Å². The lowest BCUT2D eigenvalue weighted by atomic mass is 10.2. The highest BCUT2D eigenvalue weighted by Crippen LogP contribution is 2.29. The summed E-state index contributed by atoms with van der Waals surface area (Å²) >= 11 is 7.47. The van der Waals surface area contributed by atoms with E-state index in [1.165, 1.54) is 4.90 Å². The van der Waals surface area contributed by atoms with Crippen molar-refractivity contribution in [2.24, 2.45) is 0 Å². The standard InChI is InChI=1S/C18H18ClN3OS/c1-21(2)11-12-22(17(23)13-7-9-14(19)10-8-13)18-20-15-5-3-4-6-16(15)24-18/h3-10H,11-12H2,1-2H3/p+1. The fourth-order valence-electron chi connectivity index (χ4n) is 2.34. The molecule has 2 aromatic carbocycles. The molecule has 24 heavy (non-hydrogen) atoms. The van der Waals surface area contributed by atoms with Gasteiger partial charge in [0.25, 0.3) is 5.91 Å². The Balaban J connectivity index is 1.95. The number of likely N-dealkylation sites (N-methyl/N-ethyl adjacent to an activating group) is 1. The first-order chi connectivity index (χ1) is 11.5. The van der Waals surface area contributed by atoms with Gasteiger partial charge in [0.15, 0.2) is 5.13 Å². The molecule has 0 saturated heterocycles. The molecule has 0 spiro atoms. The molecule has 4 nitrogen and oxygen atoms in total. The Bertz CT molecular complexity index is 812. The molecule has 0 atom stereocenters. The van der Waals surface area contributed by atoms with Crippen LogP contribution >= 0.6 is 22.9 Å². The van der Waals surface area contributed by atoms with E-state index in [1.807, 2.05) is 24.3 Å². The smallest absolute Gasteiger partial charge is 0.260 e. The van der Waals surface area contributed by atoms with Crippen molar-refractivity contribution in [2.45, 2.75) is 0 Å². The second kappa shape index (κ2) is 7.30. The van der Waals surface area contributed by atoms with Gasteiger partial charge in [-0.05, 0) is 36.4 Å². The van der Waals surface area contributed by atoms with Crippen molar-refractivity contribution in [2.75, 3.05) is 32.1 Å². The molecule has 0 bridgehead atoms. The lowest BCUT2D eigenvalue weighted by Gasteiger charge is -2.20. The Kier molecular flexibility index (Phi) is 5.14. The first kappa shape index (κ1) is 16.9. The van der Waals surface area contributed by atoms with Crippen molar-refractivity contribution in [3.63, 3.8) is 0 Å². The molecule has 1 amide bonds. The maximum absolute atomic E-state index is 13.0. The predicted octanol–water partition coefficient (Wildman–Crippen LogP) is 2.74. The SMILES string of the molecule is C[NH+](C)CCN(C(=O)c1ccc(Cl)cc1)c1nc2ccccc2s1. The van der Waals surface area contributed by atoms with E-state index in [1.54, 1.807) is 40.5 Å². The van der Waals surface area contributed by atoms with Crippen molar-refractivity contribution in [1.29, 1.82) is 0 Å². The number of thiazole rings is 1. The largest absolute Gasteiger partial charge is 0.338 e. The number of carbonyl (C=O) groups excluding carboxylic acids is 1. The van der Waals surface area contributed by atoms with Gasteiger partial charge in [0.1, 0.15) is 0 Å². The molecule has 0 radical (unpaired) electrons. The number of hydrogen-bond donors (Lipinski definition) is 1. The number of aromatic nitrogens is 1. The van der Waals surface area contributed by atoms with Crippen LogP contribution < -0.4 is 9.80 Å². The Labute approximate surface area is 150 Å². The van der Waals surface area contributed by atoms with Crippen molar-refractivity contribution < 1.29 is 9.69 Å². The van der Waals surface area contributed by atoms with Gasteiger partial charge in [-0.25, -0.2) is 4.98 Å². The van der Waals surface area contributed by atoms with Gasteiger partial charge in [-0.15, -0.1) is 0 Å². The van der Waals surface area contributed by atoms with Gasteiger partial charge in [-0.1, -0.05) is 35.1 Å². The van der Waals surface area contributed by atoms with E-state index in [-0.39, 0.29) is 5.91 Å². The number of fused-ring (bicyclic) bond motifs is 1. The van der Waals surface area contributed by atoms with Gasteiger partial charge in [-0.2, -0.15) is 0 Å². The van der Waals surface area contributed by atoms with Crippen LogP contribution in [0.4, 0.5) is 5.13 Å². The maximum Gasteiger partial charge on any atom is 0.260 e. The van der Waals surface area contributed by atoms with Crippen molar-refractivity contribution in [3.05, 3.63) is 59.1 Å². The molecule has 3 rings (SSSR count). The predicted molar refractivity (Wildman–Crippen MR) is 100 cm³/mol. The summed E-state index contributed by atoms with van der Waals surface area (Å²) in [7, 11) is 4.15. The molecular formula is C18H19ClN3OS+. The number of halogens is 1. The summed E-state index contributed by atoms with van der Waals surface area (Å²) in [5, 5.41) is 1.35. The number of para-hydroxylation sites is 1. The number of nitrogens with one attached hydrogen (secondary N) is 1. The van der Waals surface area contributed by atoms with Gasteiger partial charge in [0, 0.05) is 10.6 Å². The molecule has 0 aliphatic carbocycles. The van der Waals surface area contributed by atoms with Crippen LogP contribution in [0, 0.1) is 0 Å². The first-order valence-electron chi connectivity index (χ1n) is 7.76. The molecule has 0 saturated carbocycles. The lowest BCUT2D eigenvalue weighted by Crippen LogP contribution is -3.06. The molecule has 1 heterocycles. The fraction of sp³-hybridized carbons (Fsp3) is 0.222. The van der Waals surface area contributed by atoms with Crippen molar-refractivity contribution in [1.82, 2.24) is 4.98 Å². The minimum Gasteiger partial charge on any atom is -0.338 e. The number of nitrogens with zero attached hydrogens (tertiary/aromatic N) is 2. The molecule has 6 heteroatoms. The molecule has 0 aliphatic rings. The average Bonchev–Trinajstić information content (AvgIpc) is 2.99. The Morgan fingerprint density at radius 3 is 2.54 bits per heavy atom. The summed E-state index contributed by atoms with van der Waals surface area (Å²) in [6, 6.07) is 14.9. The zero-order valence-corrected chi connectivity index (χ0v) is 15.2. The van der Waals surface area contributed by atoms with Crippen LogP contribution in [0.25, 0.3) is 10.2 Å². The number of hydrogen-bond acceptors (Lipinski definition) is 3. The van der Waals surface area contributed by atoms with E-state index in [9.17, 15) is 4.79 Å². The monoisotopic (exact) mass is 360 g/mol. The highest BCUT2D eigenvalue weighted by atomic mass is 35.5. The number of benzene rings is 2. The average molecular weight is 361 g/mol. The second-order valence-electron chi connectivity index (χ2n) is 5.88. The molecule has 1 aromatic heterocycles. The van der Waals surface area contributed by atoms with Gasteiger partial charge >= 0.3 is 0 Å². The molecule has 0 aliphatic heterocycles. The van der Waals surface area contributed by atoms with E-state index in [2.05, 4.69) is 19.1 Å². The van der Waals surface area contributed by atoms with Crippen molar-refractivity contribution in [3.8, 4) is 0 Å². The van der Waals surface area contributed by atoms with Crippen LogP contribution in [0.5, 0.6) is 0 Å². The van der Waals surface area contributed by atoms with E-state index in [0.29, 0.717) is 17.1 Å². The number of amides is 1. The van der Waals surface area contributed by atoms with Crippen molar-refractivity contribution >= 4 is 44.2 Å². The molecule has 124 valence electrons. The van der Waals surface area contributed by atoms with Gasteiger partial charge < -0.3 is 4.90 Å². The minimum atomic E-state index is -0.0491. The van der Waals surface area contributed by atoms with Crippen LogP contribution in [0.1, 0.15) is 10.4 Å². The quantitative estimate of drug-likeness (QED) is 0.759. The van der Waals surface area contributed by atoms with Crippen LogP contribution in [0.3, 0.4) is 0 Å². The zero-order valence-electron chi connectivity index (χ0n) is 13.6. The number of anilines is 1. The lowest BCUT2D eigenvalue weighted by molar-refractivity contribution is -0.856. The van der Waals surface area contributed by atoms with Crippen LogP contribution in [-0.2, 0) is 0 Å². The van der Waals surface area contributed by atoms with Crippen LogP contribution in [-0.4, -0.2) is 38.1 Å². The van der Waals surface area contributed by atoms with Gasteiger partial charge in [0.2, 0.25) is 0 Å². The summed E-state index contributed by atoms with van der Waals surface area (Å²) in [4.78, 5) is 20.7. The number of quaternary nitrogens is 1. The fourth-order valence-corrected chi connectivity index (χ4v) is 3.46. The van der Waals surface area contributed by atoms with Crippen LogP contribution in [0.2, 0.25) is 5.02 Å². The topological polar surface area (TPSA) is 37.6 Å². The summed E-state index contributed by atoms with van der Waals surface area (Å²) < 4.78 is 1.08. The first-order valence-corrected chi connectivity index (χ1v) is 8.96. The third-order valence-electron chi connectivity index (χ3n) is 3.69. The third kappa shape index (κ3) is 3.75. The summed E-state index contributed by atoms with van der Waals surface area (Å²) in [5.41, 5.74) is 1.54.